The minimum Gasteiger partial charge on any atom is -0.309 e. The maximum absolute atomic E-state index is 12.9. The van der Waals surface area contributed by atoms with Gasteiger partial charge in [-0.25, -0.2) is 12.7 Å². The summed E-state index contributed by atoms with van der Waals surface area (Å²) in [6.45, 7) is 7.85. The molecule has 2 saturated carbocycles. The van der Waals surface area contributed by atoms with Crippen LogP contribution >= 0.6 is 7.60 Å². The van der Waals surface area contributed by atoms with Gasteiger partial charge >= 0.3 is 7.60 Å². The van der Waals surface area contributed by atoms with E-state index < -0.39 is 29.7 Å². The van der Waals surface area contributed by atoms with E-state index in [1.54, 1.807) is 13.8 Å². The Hall–Kier alpha value is -0.430. The summed E-state index contributed by atoms with van der Waals surface area (Å²) in [6, 6.07) is -0.324. The number of nitrogens with zero attached hydrogens (tertiary/aromatic N) is 1. The largest absolute Gasteiger partial charge is 0.340 e. The highest BCUT2D eigenvalue weighted by Crippen LogP contribution is 2.70. The summed E-state index contributed by atoms with van der Waals surface area (Å²) in [5, 5.41) is 0. The predicted octanol–water partition coefficient (Wildman–Crippen LogP) is 2.62. The molecule has 2 bridgehead atoms. The second-order valence-electron chi connectivity index (χ2n) is 7.92. The highest BCUT2D eigenvalue weighted by atomic mass is 32.2. The maximum atomic E-state index is 12.9. The van der Waals surface area contributed by atoms with Gasteiger partial charge in [-0.05, 0) is 44.4 Å². The molecule has 1 aliphatic heterocycles. The van der Waals surface area contributed by atoms with Gasteiger partial charge in [-0.1, -0.05) is 13.8 Å². The standard InChI is InChI=1S/C16H28NO6PS/c1-5-22-24(19,23-6-2)10-14(18)17-13-9-12-7-8-16(13,15(12,3)4)11-25(17,20)21/h12-13H,5-11H2,1-4H3/t12-,13-,16-/m1/s1. The van der Waals surface area contributed by atoms with Gasteiger partial charge in [-0.2, -0.15) is 0 Å². The number of amides is 1. The fourth-order valence-electron chi connectivity index (χ4n) is 5.37. The van der Waals surface area contributed by atoms with Crippen LogP contribution in [0.2, 0.25) is 0 Å². The molecule has 0 aromatic rings. The Morgan fingerprint density at radius 2 is 1.84 bits per heavy atom. The Morgan fingerprint density at radius 1 is 1.24 bits per heavy atom. The summed E-state index contributed by atoms with van der Waals surface area (Å²) >= 11 is 0. The third kappa shape index (κ3) is 2.71. The van der Waals surface area contributed by atoms with E-state index in [0.29, 0.717) is 12.3 Å². The highest BCUT2D eigenvalue weighted by molar-refractivity contribution is 7.90. The molecule has 0 unspecified atom stereocenters. The van der Waals surface area contributed by atoms with Crippen molar-refractivity contribution in [2.24, 2.45) is 16.7 Å². The molecular formula is C16H28NO6PS. The van der Waals surface area contributed by atoms with Crippen LogP contribution in [0.3, 0.4) is 0 Å². The van der Waals surface area contributed by atoms with Crippen LogP contribution in [0.5, 0.6) is 0 Å². The van der Waals surface area contributed by atoms with Gasteiger partial charge in [0.1, 0.15) is 6.16 Å². The molecule has 7 nitrogen and oxygen atoms in total. The summed E-state index contributed by atoms with van der Waals surface area (Å²) in [7, 11) is -7.34. The summed E-state index contributed by atoms with van der Waals surface area (Å²) in [6.07, 6.45) is 2.02. The number of hydrogen-bond acceptors (Lipinski definition) is 6. The smallest absolute Gasteiger partial charge is 0.309 e. The normalized spacial score (nSPS) is 35.1. The molecule has 3 atom stereocenters. The summed E-state index contributed by atoms with van der Waals surface area (Å²) in [4.78, 5) is 12.9. The molecule has 1 spiro atoms. The monoisotopic (exact) mass is 393 g/mol. The third-order valence-electron chi connectivity index (χ3n) is 6.64. The van der Waals surface area contributed by atoms with Crippen LogP contribution < -0.4 is 0 Å². The van der Waals surface area contributed by atoms with E-state index in [-0.39, 0.29) is 35.8 Å². The molecular weight excluding hydrogens is 365 g/mol. The first-order valence-electron chi connectivity index (χ1n) is 8.96. The van der Waals surface area contributed by atoms with Crippen LogP contribution in [0.4, 0.5) is 0 Å². The van der Waals surface area contributed by atoms with E-state index in [1.165, 1.54) is 0 Å². The number of carbonyl (C=O) groups excluding carboxylic acids is 1. The van der Waals surface area contributed by atoms with Crippen molar-refractivity contribution in [3.63, 3.8) is 0 Å². The van der Waals surface area contributed by atoms with Crippen LogP contribution in [0.25, 0.3) is 0 Å². The van der Waals surface area contributed by atoms with E-state index in [0.717, 1.165) is 17.1 Å². The average molecular weight is 393 g/mol. The molecule has 9 heteroatoms. The zero-order chi connectivity index (χ0) is 18.7. The minimum atomic E-state index is -3.71. The fraction of sp³-hybridized carbons (Fsp3) is 0.938. The molecule has 0 aromatic heterocycles. The molecule has 3 rings (SSSR count). The van der Waals surface area contributed by atoms with Crippen molar-refractivity contribution >= 4 is 23.5 Å². The van der Waals surface area contributed by atoms with Crippen LogP contribution in [-0.2, 0) is 28.4 Å². The highest BCUT2D eigenvalue weighted by Gasteiger charge is 2.72. The van der Waals surface area contributed by atoms with Crippen LogP contribution in [0, 0.1) is 16.7 Å². The van der Waals surface area contributed by atoms with Gasteiger partial charge in [-0.15, -0.1) is 0 Å². The first-order valence-corrected chi connectivity index (χ1v) is 12.3. The Bertz CT molecular complexity index is 710. The molecule has 144 valence electrons. The zero-order valence-corrected chi connectivity index (χ0v) is 17.1. The van der Waals surface area contributed by atoms with E-state index in [4.69, 9.17) is 9.05 Å². The van der Waals surface area contributed by atoms with Crippen molar-refractivity contribution in [3.8, 4) is 0 Å². The zero-order valence-electron chi connectivity index (χ0n) is 15.4. The molecule has 0 radical (unpaired) electrons. The second kappa shape index (κ2) is 6.04. The van der Waals surface area contributed by atoms with Crippen molar-refractivity contribution < 1.29 is 26.8 Å². The van der Waals surface area contributed by atoms with Gasteiger partial charge in [0.15, 0.2) is 0 Å². The topological polar surface area (TPSA) is 90.0 Å². The van der Waals surface area contributed by atoms with Crippen LogP contribution in [0.15, 0.2) is 0 Å². The van der Waals surface area contributed by atoms with E-state index >= 15 is 0 Å². The van der Waals surface area contributed by atoms with Gasteiger partial charge in [-0.3, -0.25) is 9.36 Å². The van der Waals surface area contributed by atoms with E-state index in [9.17, 15) is 17.8 Å². The molecule has 3 aliphatic rings. The molecule has 1 amide bonds. The summed E-state index contributed by atoms with van der Waals surface area (Å²) in [5.41, 5.74) is -0.489. The van der Waals surface area contributed by atoms with Gasteiger partial charge in [0, 0.05) is 5.41 Å². The van der Waals surface area contributed by atoms with Gasteiger partial charge < -0.3 is 9.05 Å². The SMILES string of the molecule is CCOP(=O)(CC(=O)N1[C@@H]2C[C@H]3CC[C@]2(CS1(=O)=O)C3(C)C)OCC. The third-order valence-corrected chi connectivity index (χ3v) is 10.5. The lowest BCUT2D eigenvalue weighted by molar-refractivity contribution is -0.126. The molecule has 25 heavy (non-hydrogen) atoms. The first kappa shape index (κ1) is 19.3. The summed E-state index contributed by atoms with van der Waals surface area (Å²) in [5.74, 6) is -0.225. The Morgan fingerprint density at radius 3 is 2.36 bits per heavy atom. The Kier molecular flexibility index (Phi) is 4.67. The number of rotatable bonds is 6. The van der Waals surface area contributed by atoms with E-state index in [1.807, 2.05) is 0 Å². The predicted molar refractivity (Wildman–Crippen MR) is 93.7 cm³/mol. The number of sulfonamides is 1. The van der Waals surface area contributed by atoms with Gasteiger partial charge in [0.05, 0.1) is 25.0 Å². The lowest BCUT2D eigenvalue weighted by atomic mass is 9.69. The molecule has 0 aromatic carbocycles. The molecule has 2 aliphatic carbocycles. The molecule has 3 fully saturated rings. The number of fused-ring (bicyclic) bond motifs is 1. The van der Waals surface area contributed by atoms with Crippen LogP contribution in [-0.4, -0.2) is 49.8 Å². The van der Waals surface area contributed by atoms with Crippen LogP contribution in [0.1, 0.15) is 47.0 Å². The molecule has 1 saturated heterocycles. The van der Waals surface area contributed by atoms with Crippen molar-refractivity contribution in [1.82, 2.24) is 4.31 Å². The lowest BCUT2D eigenvalue weighted by Gasteiger charge is -2.37. The molecule has 0 N–H and O–H groups in total. The van der Waals surface area contributed by atoms with Gasteiger partial charge in [0.2, 0.25) is 15.9 Å². The van der Waals surface area contributed by atoms with Crippen molar-refractivity contribution in [2.75, 3.05) is 25.1 Å². The number of hydrogen-bond donors (Lipinski definition) is 0. The van der Waals surface area contributed by atoms with Crippen molar-refractivity contribution in [3.05, 3.63) is 0 Å². The maximum Gasteiger partial charge on any atom is 0.340 e. The minimum absolute atomic E-state index is 0.00742. The van der Waals surface area contributed by atoms with E-state index in [2.05, 4.69) is 13.8 Å². The summed E-state index contributed by atoms with van der Waals surface area (Å²) < 4.78 is 49.7. The van der Waals surface area contributed by atoms with Gasteiger partial charge in [0.25, 0.3) is 0 Å². The Balaban J connectivity index is 1.90. The van der Waals surface area contributed by atoms with Crippen molar-refractivity contribution in [1.29, 1.82) is 0 Å². The number of carbonyl (C=O) groups is 1. The second-order valence-corrected chi connectivity index (χ2v) is 11.8. The van der Waals surface area contributed by atoms with Crippen molar-refractivity contribution in [2.45, 2.75) is 53.0 Å². The first-order chi connectivity index (χ1) is 11.5. The quantitative estimate of drug-likeness (QED) is 0.645. The molecule has 1 heterocycles. The average Bonchev–Trinajstić information content (AvgIpc) is 2.94. The lowest BCUT2D eigenvalue weighted by Crippen LogP contribution is -2.45. The fourth-order valence-corrected chi connectivity index (χ4v) is 9.55. The Labute approximate surface area is 150 Å².